The molecular weight excluding hydrogens is 192 g/mol. The number of likely N-dealkylation sites (tertiary alicyclic amines) is 2. The Labute approximate surface area is 90.9 Å². The predicted molar refractivity (Wildman–Crippen MR) is 57.9 cm³/mol. The molecule has 0 radical (unpaired) electrons. The average Bonchev–Trinajstić information content (AvgIpc) is 2.65. The number of piperidine rings is 1. The van der Waals surface area contributed by atoms with Gasteiger partial charge in [0, 0.05) is 12.6 Å². The summed E-state index contributed by atoms with van der Waals surface area (Å²) in [7, 11) is 2.11. The number of nitrogens with zero attached hydrogens (tertiary/aromatic N) is 2. The molecule has 0 bridgehead atoms. The van der Waals surface area contributed by atoms with Crippen LogP contribution < -0.4 is 0 Å². The molecule has 0 spiro atoms. The summed E-state index contributed by atoms with van der Waals surface area (Å²) in [5.41, 5.74) is 0. The molecule has 2 fully saturated rings. The maximum Gasteiger partial charge on any atom is 0.320 e. The lowest BCUT2D eigenvalue weighted by Gasteiger charge is -2.37. The van der Waals surface area contributed by atoms with Crippen LogP contribution in [0.4, 0.5) is 0 Å². The van der Waals surface area contributed by atoms with Crippen LogP contribution in [-0.2, 0) is 4.79 Å². The summed E-state index contributed by atoms with van der Waals surface area (Å²) in [4.78, 5) is 15.7. The number of hydrogen-bond donors (Lipinski definition) is 1. The summed E-state index contributed by atoms with van der Waals surface area (Å²) in [5, 5.41) is 9.18. The molecular formula is C11H20N2O2. The monoisotopic (exact) mass is 212 g/mol. The first-order valence-corrected chi connectivity index (χ1v) is 5.85. The minimum Gasteiger partial charge on any atom is -0.480 e. The first-order chi connectivity index (χ1) is 7.18. The largest absolute Gasteiger partial charge is 0.480 e. The molecule has 2 aliphatic heterocycles. The van der Waals surface area contributed by atoms with E-state index in [1.807, 2.05) is 0 Å². The summed E-state index contributed by atoms with van der Waals surface area (Å²) < 4.78 is 0. The fourth-order valence-electron chi connectivity index (χ4n) is 2.84. The molecule has 2 aliphatic rings. The summed E-state index contributed by atoms with van der Waals surface area (Å²) in [6.45, 7) is 3.10. The number of hydrogen-bond acceptors (Lipinski definition) is 3. The lowest BCUT2D eigenvalue weighted by molar-refractivity contribution is -0.145. The van der Waals surface area contributed by atoms with Crippen LogP contribution in [0.2, 0.25) is 0 Å². The zero-order valence-electron chi connectivity index (χ0n) is 9.35. The van der Waals surface area contributed by atoms with Gasteiger partial charge in [-0.25, -0.2) is 0 Å². The van der Waals surface area contributed by atoms with Crippen molar-refractivity contribution in [2.24, 2.45) is 0 Å². The zero-order valence-corrected chi connectivity index (χ0v) is 9.35. The van der Waals surface area contributed by atoms with Crippen LogP contribution in [0, 0.1) is 0 Å². The first-order valence-electron chi connectivity index (χ1n) is 5.85. The van der Waals surface area contributed by atoms with Crippen LogP contribution in [0.25, 0.3) is 0 Å². The van der Waals surface area contributed by atoms with Crippen molar-refractivity contribution in [2.45, 2.75) is 37.8 Å². The van der Waals surface area contributed by atoms with Gasteiger partial charge in [-0.3, -0.25) is 9.69 Å². The van der Waals surface area contributed by atoms with Gasteiger partial charge in [0.05, 0.1) is 0 Å². The Morgan fingerprint density at radius 3 is 2.67 bits per heavy atom. The molecule has 0 saturated carbocycles. The van der Waals surface area contributed by atoms with Gasteiger partial charge in [0.15, 0.2) is 0 Å². The number of carboxylic acids is 1. The van der Waals surface area contributed by atoms with Crippen molar-refractivity contribution in [3.8, 4) is 0 Å². The normalized spacial score (nSPS) is 34.5. The number of rotatable bonds is 2. The van der Waals surface area contributed by atoms with Gasteiger partial charge in [-0.05, 0) is 39.4 Å². The number of aliphatic carboxylic acids is 1. The Morgan fingerprint density at radius 1 is 1.27 bits per heavy atom. The maximum atomic E-state index is 11.1. The second-order valence-corrected chi connectivity index (χ2v) is 4.79. The standard InChI is InChI=1S/C11H20N2O2/c1-12-7-5-9(8-12)13-6-3-2-4-10(13)11(14)15/h9-10H,2-8H2,1H3,(H,14,15). The van der Waals surface area contributed by atoms with Crippen LogP contribution in [0.1, 0.15) is 25.7 Å². The van der Waals surface area contributed by atoms with Gasteiger partial charge in [0.2, 0.25) is 0 Å². The highest BCUT2D eigenvalue weighted by atomic mass is 16.4. The van der Waals surface area contributed by atoms with Gasteiger partial charge < -0.3 is 10.0 Å². The number of carbonyl (C=O) groups is 1. The van der Waals surface area contributed by atoms with Crippen molar-refractivity contribution in [3.05, 3.63) is 0 Å². The number of likely N-dealkylation sites (N-methyl/N-ethyl adjacent to an activating group) is 1. The third-order valence-corrected chi connectivity index (χ3v) is 3.66. The fraction of sp³-hybridized carbons (Fsp3) is 0.909. The molecule has 1 N–H and O–H groups in total. The zero-order chi connectivity index (χ0) is 10.8. The van der Waals surface area contributed by atoms with Gasteiger partial charge in [-0.2, -0.15) is 0 Å². The second kappa shape index (κ2) is 4.49. The summed E-state index contributed by atoms with van der Waals surface area (Å²) in [5.74, 6) is -0.635. The SMILES string of the molecule is CN1CCC(N2CCCCC2C(=O)O)C1. The molecule has 2 unspecified atom stereocenters. The molecule has 0 aliphatic carbocycles. The molecule has 2 saturated heterocycles. The van der Waals surface area contributed by atoms with Crippen molar-refractivity contribution >= 4 is 5.97 Å². The van der Waals surface area contributed by atoms with Gasteiger partial charge in [-0.15, -0.1) is 0 Å². The third kappa shape index (κ3) is 2.32. The van der Waals surface area contributed by atoms with E-state index in [4.69, 9.17) is 0 Å². The van der Waals surface area contributed by atoms with E-state index in [0.29, 0.717) is 6.04 Å². The molecule has 2 heterocycles. The first kappa shape index (κ1) is 10.9. The predicted octanol–water partition coefficient (Wildman–Crippen LogP) is 0.630. The van der Waals surface area contributed by atoms with Crippen LogP contribution in [0.5, 0.6) is 0 Å². The van der Waals surface area contributed by atoms with E-state index < -0.39 is 5.97 Å². The molecule has 2 atom stereocenters. The van der Waals surface area contributed by atoms with Crippen LogP contribution in [-0.4, -0.2) is 59.6 Å². The van der Waals surface area contributed by atoms with Crippen LogP contribution in [0.15, 0.2) is 0 Å². The van der Waals surface area contributed by atoms with E-state index in [9.17, 15) is 9.90 Å². The van der Waals surface area contributed by atoms with E-state index in [2.05, 4.69) is 16.8 Å². The molecule has 0 aromatic rings. The molecule has 4 heteroatoms. The van der Waals surface area contributed by atoms with E-state index in [1.165, 1.54) is 0 Å². The second-order valence-electron chi connectivity index (χ2n) is 4.79. The van der Waals surface area contributed by atoms with Crippen LogP contribution in [0.3, 0.4) is 0 Å². The lowest BCUT2D eigenvalue weighted by atomic mass is 9.99. The molecule has 0 aromatic heterocycles. The van der Waals surface area contributed by atoms with Crippen molar-refractivity contribution in [2.75, 3.05) is 26.7 Å². The Bertz CT molecular complexity index is 245. The van der Waals surface area contributed by atoms with E-state index in [1.54, 1.807) is 0 Å². The Balaban J connectivity index is 2.01. The Kier molecular flexibility index (Phi) is 3.26. The summed E-state index contributed by atoms with van der Waals surface area (Å²) >= 11 is 0. The van der Waals surface area contributed by atoms with Gasteiger partial charge in [0.25, 0.3) is 0 Å². The highest BCUT2D eigenvalue weighted by molar-refractivity contribution is 5.73. The average molecular weight is 212 g/mol. The van der Waals surface area contributed by atoms with E-state index in [-0.39, 0.29) is 6.04 Å². The highest BCUT2D eigenvalue weighted by Crippen LogP contribution is 2.24. The van der Waals surface area contributed by atoms with E-state index in [0.717, 1.165) is 45.3 Å². The van der Waals surface area contributed by atoms with Crippen molar-refractivity contribution in [1.29, 1.82) is 0 Å². The smallest absolute Gasteiger partial charge is 0.320 e. The third-order valence-electron chi connectivity index (χ3n) is 3.66. The Hall–Kier alpha value is -0.610. The van der Waals surface area contributed by atoms with Crippen LogP contribution >= 0.6 is 0 Å². The fourth-order valence-corrected chi connectivity index (χ4v) is 2.84. The molecule has 4 nitrogen and oxygen atoms in total. The summed E-state index contributed by atoms with van der Waals surface area (Å²) in [6, 6.07) is 0.242. The van der Waals surface area contributed by atoms with Crippen molar-refractivity contribution < 1.29 is 9.90 Å². The van der Waals surface area contributed by atoms with Crippen molar-refractivity contribution in [3.63, 3.8) is 0 Å². The highest BCUT2D eigenvalue weighted by Gasteiger charge is 2.35. The minimum atomic E-state index is -0.635. The molecule has 15 heavy (non-hydrogen) atoms. The number of carboxylic acid groups (broad SMARTS) is 1. The quantitative estimate of drug-likeness (QED) is 0.729. The van der Waals surface area contributed by atoms with Gasteiger partial charge in [-0.1, -0.05) is 6.42 Å². The molecule has 0 aromatic carbocycles. The Morgan fingerprint density at radius 2 is 2.07 bits per heavy atom. The van der Waals surface area contributed by atoms with E-state index >= 15 is 0 Å². The molecule has 86 valence electrons. The maximum absolute atomic E-state index is 11.1. The molecule has 0 amide bonds. The lowest BCUT2D eigenvalue weighted by Crippen LogP contribution is -2.50. The topological polar surface area (TPSA) is 43.8 Å². The van der Waals surface area contributed by atoms with Gasteiger partial charge >= 0.3 is 5.97 Å². The molecule has 2 rings (SSSR count). The summed E-state index contributed by atoms with van der Waals surface area (Å²) in [6.07, 6.45) is 4.18. The van der Waals surface area contributed by atoms with Gasteiger partial charge in [0.1, 0.15) is 6.04 Å². The van der Waals surface area contributed by atoms with Crippen molar-refractivity contribution in [1.82, 2.24) is 9.80 Å². The minimum absolute atomic E-state index is 0.227.